The first-order chi connectivity index (χ1) is 16.7. The summed E-state index contributed by atoms with van der Waals surface area (Å²) in [5.41, 5.74) is -13.3. The van der Waals surface area contributed by atoms with Crippen LogP contribution in [0.4, 0.5) is 26.3 Å². The van der Waals surface area contributed by atoms with Crippen molar-refractivity contribution in [1.82, 2.24) is 4.98 Å². The first kappa shape index (κ1) is 32.2. The first-order valence-corrected chi connectivity index (χ1v) is 15.5. The minimum atomic E-state index is -6.69. The van der Waals surface area contributed by atoms with Gasteiger partial charge in [-0.25, -0.2) is 0 Å². The van der Waals surface area contributed by atoms with Crippen LogP contribution in [0.2, 0.25) is 0 Å². The van der Waals surface area contributed by atoms with Crippen molar-refractivity contribution in [3.05, 3.63) is 53.3 Å². The third kappa shape index (κ3) is 6.76. The lowest BCUT2D eigenvalue weighted by Crippen LogP contribution is -2.67. The summed E-state index contributed by atoms with van der Waals surface area (Å²) in [7, 11) is -19.3. The van der Waals surface area contributed by atoms with E-state index in [2.05, 4.69) is 12.7 Å². The van der Waals surface area contributed by atoms with Gasteiger partial charge in [0.2, 0.25) is 0 Å². The summed E-state index contributed by atoms with van der Waals surface area (Å²) in [6.45, 7) is 11.4. The molecule has 0 saturated carbocycles. The average Bonchev–Trinajstić information content (AvgIpc) is 2.70. The number of rotatable bonds is 6. The smallest absolute Gasteiger partial charge is 0.267 e. The van der Waals surface area contributed by atoms with Crippen LogP contribution in [-0.2, 0) is 38.8 Å². The van der Waals surface area contributed by atoms with Crippen LogP contribution in [0, 0.1) is 6.92 Å². The Bertz CT molecular complexity index is 1310. The molecule has 214 valence electrons. The van der Waals surface area contributed by atoms with Gasteiger partial charge in [0, 0.05) is 32.6 Å². The summed E-state index contributed by atoms with van der Waals surface area (Å²) in [5.74, 6) is 0. The molecule has 38 heavy (non-hydrogen) atoms. The highest BCUT2D eigenvalue weighted by Gasteiger charge is 2.62. The number of aromatic nitrogens is 1. The monoisotopic (exact) mass is 607 g/mol. The summed E-state index contributed by atoms with van der Waals surface area (Å²) in [4.78, 5) is 4.46. The summed E-state index contributed by atoms with van der Waals surface area (Å²) in [6, 6.07) is 6.43. The van der Waals surface area contributed by atoms with Crippen LogP contribution in [-0.4, -0.2) is 41.4 Å². The highest BCUT2D eigenvalue weighted by molar-refractivity contribution is 7.90. The molecule has 0 saturated heterocycles. The summed E-state index contributed by atoms with van der Waals surface area (Å²) >= 11 is 0. The molecule has 1 heterocycles. The number of pyridine rings is 1. The number of hydrogen-bond acceptors (Lipinski definition) is 7. The molecule has 0 aliphatic heterocycles. The highest BCUT2D eigenvalue weighted by Crippen LogP contribution is 2.34. The van der Waals surface area contributed by atoms with Crippen LogP contribution in [0.1, 0.15) is 58.5 Å². The van der Waals surface area contributed by atoms with Gasteiger partial charge in [-0.3, -0.25) is 12.7 Å². The maximum atomic E-state index is 13.5. The van der Waals surface area contributed by atoms with E-state index in [1.807, 2.05) is 0 Å². The fourth-order valence-corrected chi connectivity index (χ4v) is 9.76. The zero-order chi connectivity index (χ0) is 29.8. The van der Waals surface area contributed by atoms with E-state index in [9.17, 15) is 43.2 Å². The number of benzene rings is 1. The minimum absolute atomic E-state index is 0.116. The summed E-state index contributed by atoms with van der Waals surface area (Å²) < 4.78 is 139. The maximum Gasteiger partial charge on any atom is 0.522 e. The van der Waals surface area contributed by atoms with E-state index in [4.69, 9.17) is 0 Å². The molecule has 0 aliphatic carbocycles. The van der Waals surface area contributed by atoms with Crippen molar-refractivity contribution in [1.29, 1.82) is 0 Å². The summed E-state index contributed by atoms with van der Waals surface area (Å²) in [5, 5.41) is -1.26. The van der Waals surface area contributed by atoms with Crippen LogP contribution in [0.25, 0.3) is 0 Å². The Kier molecular flexibility index (Phi) is 8.36. The van der Waals surface area contributed by atoms with Crippen LogP contribution in [0.5, 0.6) is 0 Å². The topological polar surface area (TPSA) is 99.6 Å². The van der Waals surface area contributed by atoms with E-state index in [-0.39, 0.29) is 11.4 Å². The van der Waals surface area contributed by atoms with Crippen molar-refractivity contribution in [2.75, 3.05) is 0 Å². The number of alkyl halides is 6. The molecule has 0 fully saturated rings. The van der Waals surface area contributed by atoms with Gasteiger partial charge in [0.1, 0.15) is 0 Å². The second-order valence-corrected chi connectivity index (χ2v) is 17.0. The van der Waals surface area contributed by atoms with Crippen molar-refractivity contribution in [2.45, 2.75) is 70.3 Å². The lowest BCUT2D eigenvalue weighted by molar-refractivity contribution is -0.0527. The molecule has 0 aliphatic rings. The number of hydrogen-bond donors (Lipinski definition) is 0. The van der Waals surface area contributed by atoms with Crippen molar-refractivity contribution in [3.63, 3.8) is 0 Å². The molecule has 0 spiro atoms. The Hall–Kier alpha value is -2.01. The van der Waals surface area contributed by atoms with E-state index in [0.29, 0.717) is 5.56 Å². The van der Waals surface area contributed by atoms with Gasteiger partial charge in [0.25, 0.3) is 0 Å². The molecule has 1 aromatic carbocycles. The number of nitrogens with zero attached hydrogens (tertiary/aromatic N) is 1. The second kappa shape index (κ2) is 9.87. The molecule has 2 aromatic rings. The molecule has 16 heteroatoms. The Morgan fingerprint density at radius 1 is 0.658 bits per heavy atom. The predicted molar refractivity (Wildman–Crippen MR) is 130 cm³/mol. The van der Waals surface area contributed by atoms with Crippen LogP contribution >= 0.6 is 0 Å². The van der Waals surface area contributed by atoms with Gasteiger partial charge in [-0.05, 0) is 19.1 Å². The number of halogens is 6. The van der Waals surface area contributed by atoms with Gasteiger partial charge in [-0.15, -0.1) is 0 Å². The van der Waals surface area contributed by atoms with Crippen molar-refractivity contribution in [3.8, 4) is 0 Å². The molecule has 7 nitrogen and oxygen atoms in total. The van der Waals surface area contributed by atoms with Gasteiger partial charge >= 0.3 is 39.8 Å². The Morgan fingerprint density at radius 3 is 1.29 bits per heavy atom. The molecule has 1 aromatic heterocycles. The molecule has 0 radical (unpaired) electrons. The van der Waals surface area contributed by atoms with Crippen LogP contribution in [0.3, 0.4) is 0 Å². The quantitative estimate of drug-likeness (QED) is 0.275. The van der Waals surface area contributed by atoms with Crippen molar-refractivity contribution >= 4 is 39.2 Å². The van der Waals surface area contributed by atoms with Crippen molar-refractivity contribution in [2.24, 2.45) is 0 Å². The van der Waals surface area contributed by atoms with E-state index < -0.39 is 61.0 Å². The third-order valence-electron chi connectivity index (χ3n) is 5.19. The molecule has 0 unspecified atom stereocenters. The van der Waals surface area contributed by atoms with Gasteiger partial charge < -0.3 is 0 Å². The SMILES string of the molecule is Cc1ccc([Si](OS(=O)(=O)C(F)(F)F)(OS(=O)(=O)C(F)(F)F)c2cc(C(C)(C)C)nc(C(C)(C)C)c2)cc1. The Labute approximate surface area is 218 Å². The van der Waals surface area contributed by atoms with Crippen LogP contribution in [0.15, 0.2) is 36.4 Å². The summed E-state index contributed by atoms with van der Waals surface area (Å²) in [6.07, 6.45) is 0. The Morgan fingerprint density at radius 2 is 1.00 bits per heavy atom. The first-order valence-electron chi connectivity index (χ1n) is 10.9. The van der Waals surface area contributed by atoms with E-state index in [1.165, 1.54) is 19.1 Å². The Balaban J connectivity index is 3.20. The maximum absolute atomic E-state index is 13.5. The zero-order valence-corrected chi connectivity index (χ0v) is 24.1. The largest absolute Gasteiger partial charge is 0.522 e. The third-order valence-corrected chi connectivity index (χ3v) is 12.1. The molecule has 0 bridgehead atoms. The molecule has 0 atom stereocenters. The molecular weight excluding hydrogens is 580 g/mol. The molecule has 2 rings (SSSR count). The fourth-order valence-electron chi connectivity index (χ4n) is 3.04. The standard InChI is InChI=1S/C22H27F6NO6S2Si/c1-14-8-10-15(11-9-14)38(34-36(30,31)21(23,24)25,35-37(32,33)22(26,27)28)16-12-17(19(2,3)4)29-18(13-16)20(5,6)7/h8-13H,1-7H3. The fraction of sp³-hybridized carbons (Fsp3) is 0.500. The van der Waals surface area contributed by atoms with E-state index >= 15 is 0 Å². The molecular formula is C22H27F6NO6S2Si. The van der Waals surface area contributed by atoms with Crippen molar-refractivity contribution < 1.29 is 50.9 Å². The minimum Gasteiger partial charge on any atom is -0.267 e. The lowest BCUT2D eigenvalue weighted by atomic mass is 9.88. The molecule has 0 N–H and O–H groups in total. The van der Waals surface area contributed by atoms with E-state index in [0.717, 1.165) is 24.3 Å². The lowest BCUT2D eigenvalue weighted by Gasteiger charge is -2.33. The normalized spacial score (nSPS) is 14.6. The highest BCUT2D eigenvalue weighted by atomic mass is 32.2. The van der Waals surface area contributed by atoms with Gasteiger partial charge in [-0.2, -0.15) is 43.2 Å². The average molecular weight is 608 g/mol. The van der Waals surface area contributed by atoms with Gasteiger partial charge in [0.05, 0.1) is 0 Å². The molecule has 0 amide bonds. The zero-order valence-electron chi connectivity index (χ0n) is 21.4. The number of aryl methyl sites for hydroxylation is 1. The van der Waals surface area contributed by atoms with Gasteiger partial charge in [-0.1, -0.05) is 71.4 Å². The van der Waals surface area contributed by atoms with Crippen LogP contribution < -0.4 is 10.4 Å². The van der Waals surface area contributed by atoms with E-state index in [1.54, 1.807) is 41.5 Å². The predicted octanol–water partition coefficient (Wildman–Crippen LogP) is 4.27. The van der Waals surface area contributed by atoms with Gasteiger partial charge in [0.15, 0.2) is 0 Å². The second-order valence-electron chi connectivity index (χ2n) is 10.6.